The summed E-state index contributed by atoms with van der Waals surface area (Å²) in [5.74, 6) is 1.42. The van der Waals surface area contributed by atoms with Crippen LogP contribution in [0, 0.1) is 0 Å². The number of H-pyrrole nitrogens is 1. The Morgan fingerprint density at radius 2 is 2.00 bits per heavy atom. The number of nitrogens with one attached hydrogen (secondary N) is 2. The molecule has 2 aromatic carbocycles. The second-order valence-corrected chi connectivity index (χ2v) is 6.26. The van der Waals surface area contributed by atoms with Crippen LogP contribution in [0.25, 0.3) is 11.4 Å². The highest BCUT2D eigenvalue weighted by atomic mass is 19.3. The van der Waals surface area contributed by atoms with Gasteiger partial charge < -0.3 is 10.1 Å². The lowest BCUT2D eigenvalue weighted by atomic mass is 10.1. The molecule has 138 valence electrons. The summed E-state index contributed by atoms with van der Waals surface area (Å²) in [7, 11) is 0. The van der Waals surface area contributed by atoms with Gasteiger partial charge in [-0.05, 0) is 43.2 Å². The number of hydrogen-bond donors (Lipinski definition) is 2. The molecule has 1 aliphatic rings. The third-order valence-corrected chi connectivity index (χ3v) is 4.17. The van der Waals surface area contributed by atoms with Gasteiger partial charge in [-0.2, -0.15) is 13.9 Å². The molecule has 1 aromatic heterocycles. The average molecular weight is 370 g/mol. The number of amides is 1. The number of aromatic nitrogens is 3. The first kappa shape index (κ1) is 17.1. The fourth-order valence-electron chi connectivity index (χ4n) is 2.70. The molecular formula is C19H16F2N4O2. The van der Waals surface area contributed by atoms with Crippen LogP contribution in [0.4, 0.5) is 14.5 Å². The van der Waals surface area contributed by atoms with Gasteiger partial charge in [0.05, 0.1) is 0 Å². The zero-order valence-corrected chi connectivity index (χ0v) is 14.2. The normalized spacial score (nSPS) is 13.6. The molecule has 1 aliphatic carbocycles. The number of alkyl halides is 2. The number of carbonyl (C=O) groups excluding carboxylic acids is 1. The van der Waals surface area contributed by atoms with Crippen LogP contribution >= 0.6 is 0 Å². The molecule has 0 atom stereocenters. The molecule has 1 amide bonds. The maximum Gasteiger partial charge on any atom is 0.387 e. The SMILES string of the molecule is O=C(Nc1cccc(-c2n[nH]c(C3CC3)n2)c1)c1cccc(OC(F)F)c1. The standard InChI is InChI=1S/C19H16F2N4O2/c20-19(21)27-15-6-2-4-13(10-15)18(26)22-14-5-1-3-12(9-14)17-23-16(24-25-17)11-7-8-11/h1-6,9-11,19H,7-8H2,(H,22,26)(H,23,24,25). The molecule has 0 radical (unpaired) electrons. The van der Waals surface area contributed by atoms with Crippen molar-refractivity contribution in [2.24, 2.45) is 0 Å². The third-order valence-electron chi connectivity index (χ3n) is 4.17. The van der Waals surface area contributed by atoms with Gasteiger partial charge in [-0.1, -0.05) is 18.2 Å². The molecule has 3 aromatic rings. The highest BCUT2D eigenvalue weighted by molar-refractivity contribution is 6.04. The summed E-state index contributed by atoms with van der Waals surface area (Å²) < 4.78 is 29.0. The van der Waals surface area contributed by atoms with Crippen LogP contribution in [0.1, 0.15) is 34.9 Å². The van der Waals surface area contributed by atoms with E-state index in [1.807, 2.05) is 6.07 Å². The number of hydrogen-bond acceptors (Lipinski definition) is 4. The summed E-state index contributed by atoms with van der Waals surface area (Å²) in [6, 6.07) is 12.8. The molecule has 6 nitrogen and oxygen atoms in total. The first-order chi connectivity index (χ1) is 13.1. The minimum atomic E-state index is -2.94. The molecule has 0 aliphatic heterocycles. The third kappa shape index (κ3) is 4.11. The van der Waals surface area contributed by atoms with Crippen LogP contribution in [0.15, 0.2) is 48.5 Å². The molecule has 0 unspecified atom stereocenters. The largest absolute Gasteiger partial charge is 0.435 e. The summed E-state index contributed by atoms with van der Waals surface area (Å²) in [5, 5.41) is 9.92. The molecule has 1 saturated carbocycles. The van der Waals surface area contributed by atoms with Crippen molar-refractivity contribution in [2.45, 2.75) is 25.4 Å². The Hall–Kier alpha value is -3.29. The Bertz CT molecular complexity index is 970. The van der Waals surface area contributed by atoms with Crippen molar-refractivity contribution in [3.63, 3.8) is 0 Å². The molecule has 0 bridgehead atoms. The number of halogens is 2. The quantitative estimate of drug-likeness (QED) is 0.681. The van der Waals surface area contributed by atoms with Crippen molar-refractivity contribution in [1.29, 1.82) is 0 Å². The fourth-order valence-corrected chi connectivity index (χ4v) is 2.70. The molecule has 0 spiro atoms. The second kappa shape index (κ2) is 7.14. The Kier molecular flexibility index (Phi) is 4.53. The maximum absolute atomic E-state index is 12.4. The van der Waals surface area contributed by atoms with E-state index in [2.05, 4.69) is 25.2 Å². The number of rotatable bonds is 6. The topological polar surface area (TPSA) is 79.9 Å². The van der Waals surface area contributed by atoms with E-state index in [1.54, 1.807) is 18.2 Å². The first-order valence-corrected chi connectivity index (χ1v) is 8.47. The van der Waals surface area contributed by atoms with Gasteiger partial charge in [-0.15, -0.1) is 0 Å². The van der Waals surface area contributed by atoms with E-state index in [-0.39, 0.29) is 11.3 Å². The van der Waals surface area contributed by atoms with E-state index in [4.69, 9.17) is 0 Å². The summed E-state index contributed by atoms with van der Waals surface area (Å²) in [6.07, 6.45) is 2.25. The molecule has 1 fully saturated rings. The Balaban J connectivity index is 1.49. The van der Waals surface area contributed by atoms with Gasteiger partial charge in [-0.3, -0.25) is 9.89 Å². The van der Waals surface area contributed by atoms with Crippen LogP contribution in [-0.2, 0) is 0 Å². The highest BCUT2D eigenvalue weighted by Crippen LogP contribution is 2.38. The van der Waals surface area contributed by atoms with E-state index < -0.39 is 12.5 Å². The van der Waals surface area contributed by atoms with Crippen molar-refractivity contribution >= 4 is 11.6 Å². The monoisotopic (exact) mass is 370 g/mol. The average Bonchev–Trinajstić information content (AvgIpc) is 3.38. The molecule has 4 rings (SSSR count). The molecule has 27 heavy (non-hydrogen) atoms. The summed E-state index contributed by atoms with van der Waals surface area (Å²) in [5.41, 5.74) is 1.54. The van der Waals surface area contributed by atoms with Gasteiger partial charge >= 0.3 is 6.61 Å². The van der Waals surface area contributed by atoms with Crippen LogP contribution in [0.5, 0.6) is 5.75 Å². The van der Waals surface area contributed by atoms with Crippen molar-refractivity contribution < 1.29 is 18.3 Å². The number of aromatic amines is 1. The molecule has 2 N–H and O–H groups in total. The van der Waals surface area contributed by atoms with Crippen molar-refractivity contribution in [3.8, 4) is 17.1 Å². The summed E-state index contributed by atoms with van der Waals surface area (Å²) in [6.45, 7) is -2.94. The lowest BCUT2D eigenvalue weighted by molar-refractivity contribution is -0.0498. The van der Waals surface area contributed by atoms with Gasteiger partial charge in [0.1, 0.15) is 11.6 Å². The lowest BCUT2D eigenvalue weighted by Gasteiger charge is -2.08. The number of benzene rings is 2. The maximum atomic E-state index is 12.4. The minimum Gasteiger partial charge on any atom is -0.435 e. The van der Waals surface area contributed by atoms with Gasteiger partial charge in [0.15, 0.2) is 5.82 Å². The van der Waals surface area contributed by atoms with Crippen LogP contribution < -0.4 is 10.1 Å². The minimum absolute atomic E-state index is 0.0697. The first-order valence-electron chi connectivity index (χ1n) is 8.47. The van der Waals surface area contributed by atoms with E-state index in [0.717, 1.165) is 24.2 Å². The highest BCUT2D eigenvalue weighted by Gasteiger charge is 2.27. The molecule has 1 heterocycles. The predicted molar refractivity (Wildman–Crippen MR) is 94.8 cm³/mol. The van der Waals surface area contributed by atoms with Gasteiger partial charge in [0.2, 0.25) is 0 Å². The van der Waals surface area contributed by atoms with E-state index in [9.17, 15) is 13.6 Å². The van der Waals surface area contributed by atoms with Crippen molar-refractivity contribution in [3.05, 3.63) is 59.9 Å². The lowest BCUT2D eigenvalue weighted by Crippen LogP contribution is -2.12. The van der Waals surface area contributed by atoms with Crippen molar-refractivity contribution in [1.82, 2.24) is 15.2 Å². The fraction of sp³-hybridized carbons (Fsp3) is 0.211. The zero-order chi connectivity index (χ0) is 18.8. The van der Waals surface area contributed by atoms with Crippen LogP contribution in [-0.4, -0.2) is 27.7 Å². The summed E-state index contributed by atoms with van der Waals surface area (Å²) >= 11 is 0. The van der Waals surface area contributed by atoms with Crippen molar-refractivity contribution in [2.75, 3.05) is 5.32 Å². The number of ether oxygens (including phenoxy) is 1. The summed E-state index contributed by atoms with van der Waals surface area (Å²) in [4.78, 5) is 16.9. The van der Waals surface area contributed by atoms with E-state index in [0.29, 0.717) is 17.4 Å². The number of nitrogens with zero attached hydrogens (tertiary/aromatic N) is 2. The Morgan fingerprint density at radius 1 is 1.19 bits per heavy atom. The molecular weight excluding hydrogens is 354 g/mol. The molecule has 0 saturated heterocycles. The number of carbonyl (C=O) groups is 1. The van der Waals surface area contributed by atoms with Gasteiger partial charge in [0.25, 0.3) is 5.91 Å². The predicted octanol–water partition coefficient (Wildman–Crippen LogP) is 4.20. The molecule has 8 heteroatoms. The van der Waals surface area contributed by atoms with Crippen LogP contribution in [0.2, 0.25) is 0 Å². The van der Waals surface area contributed by atoms with E-state index >= 15 is 0 Å². The van der Waals surface area contributed by atoms with E-state index in [1.165, 1.54) is 24.3 Å². The zero-order valence-electron chi connectivity index (χ0n) is 14.2. The Morgan fingerprint density at radius 3 is 2.78 bits per heavy atom. The Labute approximate surface area is 153 Å². The van der Waals surface area contributed by atoms with Crippen LogP contribution in [0.3, 0.4) is 0 Å². The smallest absolute Gasteiger partial charge is 0.387 e. The van der Waals surface area contributed by atoms with Gasteiger partial charge in [0, 0.05) is 22.7 Å². The van der Waals surface area contributed by atoms with Gasteiger partial charge in [-0.25, -0.2) is 4.98 Å². The number of anilines is 1. The second-order valence-electron chi connectivity index (χ2n) is 6.26.